The lowest BCUT2D eigenvalue weighted by Crippen LogP contribution is -1.96. The van der Waals surface area contributed by atoms with Gasteiger partial charge in [0.25, 0.3) is 0 Å². The van der Waals surface area contributed by atoms with Crippen LogP contribution in [0.5, 0.6) is 0 Å². The third-order valence-corrected chi connectivity index (χ3v) is 4.15. The number of benzene rings is 2. The van der Waals surface area contributed by atoms with E-state index in [0.29, 0.717) is 6.54 Å². The van der Waals surface area contributed by atoms with Gasteiger partial charge in [-0.2, -0.15) is 0 Å². The summed E-state index contributed by atoms with van der Waals surface area (Å²) >= 11 is 0. The smallest absolute Gasteiger partial charge is 0.0532 e. The highest BCUT2D eigenvalue weighted by molar-refractivity contribution is 5.89. The molecule has 2 N–H and O–H groups in total. The molecule has 0 fully saturated rings. The molecular formula is C19H16N2. The van der Waals surface area contributed by atoms with Crippen LogP contribution in [0, 0.1) is 0 Å². The molecule has 0 saturated heterocycles. The third kappa shape index (κ3) is 1.96. The molecule has 0 spiro atoms. The number of hydrogen-bond acceptors (Lipinski definition) is 2. The van der Waals surface area contributed by atoms with E-state index < -0.39 is 0 Å². The summed E-state index contributed by atoms with van der Waals surface area (Å²) in [5.74, 6) is 0. The molecule has 102 valence electrons. The number of rotatable bonds is 2. The Bertz CT molecular complexity index is 821. The standard InChI is InChI=1S/C19H16N2/c20-12-13-4-3-6-14(10-13)17-8-9-21-18-11-15-5-1-2-7-16(15)19(17)18/h1-10H,11-12,20H2. The summed E-state index contributed by atoms with van der Waals surface area (Å²) < 4.78 is 0. The Kier molecular flexibility index (Phi) is 2.83. The van der Waals surface area contributed by atoms with Crippen LogP contribution in [0.25, 0.3) is 22.3 Å². The fraction of sp³-hybridized carbons (Fsp3) is 0.105. The molecule has 1 aliphatic rings. The SMILES string of the molecule is NCc1cccc(-c2ccnc3c2-c2ccccc2C3)c1. The van der Waals surface area contributed by atoms with Crippen molar-refractivity contribution in [2.75, 3.05) is 0 Å². The lowest BCUT2D eigenvalue weighted by molar-refractivity contribution is 1.07. The van der Waals surface area contributed by atoms with Gasteiger partial charge in [-0.25, -0.2) is 0 Å². The molecule has 0 unspecified atom stereocenters. The average Bonchev–Trinajstić information content (AvgIpc) is 2.93. The van der Waals surface area contributed by atoms with E-state index in [4.69, 9.17) is 5.73 Å². The Morgan fingerprint density at radius 3 is 2.76 bits per heavy atom. The molecule has 0 atom stereocenters. The van der Waals surface area contributed by atoms with Crippen LogP contribution in [0.4, 0.5) is 0 Å². The average molecular weight is 272 g/mol. The number of fused-ring (bicyclic) bond motifs is 3. The van der Waals surface area contributed by atoms with Crippen LogP contribution in [-0.2, 0) is 13.0 Å². The van der Waals surface area contributed by atoms with Gasteiger partial charge in [0.05, 0.1) is 5.69 Å². The molecule has 4 rings (SSSR count). The maximum atomic E-state index is 5.77. The van der Waals surface area contributed by atoms with E-state index in [2.05, 4.69) is 59.6 Å². The number of nitrogens with two attached hydrogens (primary N) is 1. The minimum atomic E-state index is 0.567. The maximum absolute atomic E-state index is 5.77. The van der Waals surface area contributed by atoms with Gasteiger partial charge in [-0.15, -0.1) is 0 Å². The number of aromatic nitrogens is 1. The number of hydrogen-bond donors (Lipinski definition) is 1. The van der Waals surface area contributed by atoms with Crippen LogP contribution >= 0.6 is 0 Å². The molecule has 2 aromatic carbocycles. The van der Waals surface area contributed by atoms with E-state index in [-0.39, 0.29) is 0 Å². The van der Waals surface area contributed by atoms with Crippen molar-refractivity contribution in [3.63, 3.8) is 0 Å². The van der Waals surface area contributed by atoms with Crippen molar-refractivity contribution in [3.8, 4) is 22.3 Å². The van der Waals surface area contributed by atoms with Crippen molar-refractivity contribution in [1.29, 1.82) is 0 Å². The molecule has 1 aliphatic carbocycles. The van der Waals surface area contributed by atoms with Crippen LogP contribution in [0.15, 0.2) is 60.8 Å². The molecule has 0 amide bonds. The fourth-order valence-electron chi connectivity index (χ4n) is 3.14. The quantitative estimate of drug-likeness (QED) is 0.603. The van der Waals surface area contributed by atoms with Gasteiger partial charge in [0.2, 0.25) is 0 Å². The molecule has 0 bridgehead atoms. The Morgan fingerprint density at radius 1 is 0.952 bits per heavy atom. The maximum Gasteiger partial charge on any atom is 0.0532 e. The molecular weight excluding hydrogens is 256 g/mol. The summed E-state index contributed by atoms with van der Waals surface area (Å²) in [7, 11) is 0. The lowest BCUT2D eigenvalue weighted by atomic mass is 9.95. The molecule has 1 heterocycles. The Labute approximate surface area is 124 Å². The second kappa shape index (κ2) is 4.83. The Balaban J connectivity index is 1.95. The molecule has 21 heavy (non-hydrogen) atoms. The van der Waals surface area contributed by atoms with E-state index in [1.807, 2.05) is 6.20 Å². The zero-order valence-corrected chi connectivity index (χ0v) is 11.7. The molecule has 2 heteroatoms. The predicted octanol–water partition coefficient (Wildman–Crippen LogP) is 3.78. The van der Waals surface area contributed by atoms with E-state index >= 15 is 0 Å². The van der Waals surface area contributed by atoms with Crippen LogP contribution in [0.3, 0.4) is 0 Å². The Hall–Kier alpha value is -2.45. The van der Waals surface area contributed by atoms with Gasteiger partial charge in [-0.05, 0) is 39.9 Å². The van der Waals surface area contributed by atoms with Crippen molar-refractivity contribution in [2.24, 2.45) is 5.73 Å². The van der Waals surface area contributed by atoms with Crippen molar-refractivity contribution < 1.29 is 0 Å². The summed E-state index contributed by atoms with van der Waals surface area (Å²) in [4.78, 5) is 4.58. The minimum Gasteiger partial charge on any atom is -0.326 e. The predicted molar refractivity (Wildman–Crippen MR) is 85.8 cm³/mol. The van der Waals surface area contributed by atoms with E-state index in [1.54, 1.807) is 0 Å². The molecule has 0 radical (unpaired) electrons. The first-order chi connectivity index (χ1) is 10.4. The van der Waals surface area contributed by atoms with E-state index in [1.165, 1.54) is 33.5 Å². The number of nitrogens with zero attached hydrogens (tertiary/aromatic N) is 1. The van der Waals surface area contributed by atoms with Crippen molar-refractivity contribution in [3.05, 3.63) is 77.6 Å². The van der Waals surface area contributed by atoms with E-state index in [0.717, 1.165) is 12.0 Å². The first-order valence-corrected chi connectivity index (χ1v) is 7.22. The summed E-state index contributed by atoms with van der Waals surface area (Å²) in [5.41, 5.74) is 14.5. The first-order valence-electron chi connectivity index (χ1n) is 7.22. The van der Waals surface area contributed by atoms with Crippen LogP contribution in [0.1, 0.15) is 16.8 Å². The van der Waals surface area contributed by atoms with E-state index in [9.17, 15) is 0 Å². The first kappa shape index (κ1) is 12.3. The van der Waals surface area contributed by atoms with Crippen LogP contribution in [-0.4, -0.2) is 4.98 Å². The highest BCUT2D eigenvalue weighted by atomic mass is 14.7. The topological polar surface area (TPSA) is 38.9 Å². The summed E-state index contributed by atoms with van der Waals surface area (Å²) in [6.45, 7) is 0.567. The highest BCUT2D eigenvalue weighted by Gasteiger charge is 2.22. The minimum absolute atomic E-state index is 0.567. The molecule has 3 aromatic rings. The Morgan fingerprint density at radius 2 is 1.86 bits per heavy atom. The van der Waals surface area contributed by atoms with Crippen molar-refractivity contribution in [2.45, 2.75) is 13.0 Å². The van der Waals surface area contributed by atoms with Crippen molar-refractivity contribution >= 4 is 0 Å². The van der Waals surface area contributed by atoms with Gasteiger partial charge in [-0.1, -0.05) is 42.5 Å². The monoisotopic (exact) mass is 272 g/mol. The highest BCUT2D eigenvalue weighted by Crippen LogP contribution is 2.41. The van der Waals surface area contributed by atoms with Gasteiger partial charge in [-0.3, -0.25) is 4.98 Å². The fourth-order valence-corrected chi connectivity index (χ4v) is 3.14. The van der Waals surface area contributed by atoms with Gasteiger partial charge < -0.3 is 5.73 Å². The van der Waals surface area contributed by atoms with Gasteiger partial charge in [0.15, 0.2) is 0 Å². The van der Waals surface area contributed by atoms with Crippen LogP contribution in [0.2, 0.25) is 0 Å². The molecule has 0 saturated carbocycles. The van der Waals surface area contributed by atoms with Crippen molar-refractivity contribution in [1.82, 2.24) is 4.98 Å². The lowest BCUT2D eigenvalue weighted by Gasteiger charge is -2.10. The third-order valence-electron chi connectivity index (χ3n) is 4.15. The van der Waals surface area contributed by atoms with Gasteiger partial charge in [0.1, 0.15) is 0 Å². The number of pyridine rings is 1. The molecule has 0 aliphatic heterocycles. The van der Waals surface area contributed by atoms with Gasteiger partial charge in [0, 0.05) is 24.7 Å². The molecule has 1 aromatic heterocycles. The zero-order valence-electron chi connectivity index (χ0n) is 11.7. The van der Waals surface area contributed by atoms with Crippen LogP contribution < -0.4 is 5.73 Å². The normalized spacial score (nSPS) is 12.0. The second-order valence-corrected chi connectivity index (χ2v) is 5.42. The summed E-state index contributed by atoms with van der Waals surface area (Å²) in [6.07, 6.45) is 2.84. The second-order valence-electron chi connectivity index (χ2n) is 5.42. The largest absolute Gasteiger partial charge is 0.326 e. The molecule has 2 nitrogen and oxygen atoms in total. The zero-order chi connectivity index (χ0) is 14.2. The summed E-state index contributed by atoms with van der Waals surface area (Å²) in [6, 6.07) is 19.2. The van der Waals surface area contributed by atoms with Gasteiger partial charge >= 0.3 is 0 Å². The summed E-state index contributed by atoms with van der Waals surface area (Å²) in [5, 5.41) is 0.